The number of amides is 1. The SMILES string of the molecule is CN(c1nccc(-c2[nH]c(C3OCC(C)(C(=O)N4CCOCC4)CO3)nc2-c2ccc(F)cc2)n1)C1CC1. The molecule has 38 heavy (non-hydrogen) atoms. The van der Waals surface area contributed by atoms with E-state index in [4.69, 9.17) is 24.2 Å². The van der Waals surface area contributed by atoms with E-state index in [1.807, 2.05) is 20.0 Å². The largest absolute Gasteiger partial charge is 0.378 e. The Morgan fingerprint density at radius 3 is 2.50 bits per heavy atom. The van der Waals surface area contributed by atoms with E-state index >= 15 is 0 Å². The van der Waals surface area contributed by atoms with Crippen molar-refractivity contribution in [2.24, 2.45) is 5.41 Å². The Morgan fingerprint density at radius 2 is 1.82 bits per heavy atom. The minimum Gasteiger partial charge on any atom is -0.378 e. The average molecular weight is 523 g/mol. The van der Waals surface area contributed by atoms with Crippen LogP contribution in [-0.4, -0.2) is 83.3 Å². The van der Waals surface area contributed by atoms with Crippen LogP contribution in [0.3, 0.4) is 0 Å². The van der Waals surface area contributed by atoms with E-state index in [-0.39, 0.29) is 24.9 Å². The third-order valence-corrected chi connectivity index (χ3v) is 7.29. The van der Waals surface area contributed by atoms with Crippen LogP contribution < -0.4 is 4.90 Å². The molecule has 1 saturated carbocycles. The van der Waals surface area contributed by atoms with Gasteiger partial charge in [0.05, 0.1) is 48.9 Å². The van der Waals surface area contributed by atoms with Crippen LogP contribution in [0, 0.1) is 11.2 Å². The summed E-state index contributed by atoms with van der Waals surface area (Å²) in [5.74, 6) is 0.758. The molecule has 200 valence electrons. The Balaban J connectivity index is 1.28. The van der Waals surface area contributed by atoms with Gasteiger partial charge in [-0.15, -0.1) is 0 Å². The molecule has 1 amide bonds. The van der Waals surface area contributed by atoms with Crippen molar-refractivity contribution < 1.29 is 23.4 Å². The summed E-state index contributed by atoms with van der Waals surface area (Å²) in [4.78, 5) is 34.4. The highest BCUT2D eigenvalue weighted by Gasteiger charge is 2.43. The monoisotopic (exact) mass is 522 g/mol. The summed E-state index contributed by atoms with van der Waals surface area (Å²) < 4.78 is 31.2. The van der Waals surface area contributed by atoms with Gasteiger partial charge in [-0.2, -0.15) is 0 Å². The lowest BCUT2D eigenvalue weighted by atomic mass is 9.90. The molecule has 0 atom stereocenters. The molecule has 3 aromatic rings. The van der Waals surface area contributed by atoms with Crippen molar-refractivity contribution >= 4 is 11.9 Å². The van der Waals surface area contributed by atoms with Gasteiger partial charge in [0.1, 0.15) is 5.82 Å². The molecular weight excluding hydrogens is 491 g/mol. The van der Waals surface area contributed by atoms with Crippen molar-refractivity contribution in [3.63, 3.8) is 0 Å². The number of nitrogens with one attached hydrogen (secondary N) is 1. The first kappa shape index (κ1) is 24.9. The summed E-state index contributed by atoms with van der Waals surface area (Å²) in [5.41, 5.74) is 1.84. The van der Waals surface area contributed by atoms with Gasteiger partial charge in [0.25, 0.3) is 0 Å². The molecule has 0 unspecified atom stereocenters. The molecule has 3 aliphatic rings. The van der Waals surface area contributed by atoms with Crippen molar-refractivity contribution in [1.82, 2.24) is 24.8 Å². The second-order valence-corrected chi connectivity index (χ2v) is 10.4. The second-order valence-electron chi connectivity index (χ2n) is 10.4. The smallest absolute Gasteiger partial charge is 0.233 e. The van der Waals surface area contributed by atoms with Crippen molar-refractivity contribution in [3.8, 4) is 22.6 Å². The average Bonchev–Trinajstić information content (AvgIpc) is 3.72. The van der Waals surface area contributed by atoms with Crippen LogP contribution in [0.5, 0.6) is 0 Å². The highest BCUT2D eigenvalue weighted by Crippen LogP contribution is 2.37. The highest BCUT2D eigenvalue weighted by molar-refractivity contribution is 5.83. The number of anilines is 1. The van der Waals surface area contributed by atoms with Gasteiger partial charge in [0, 0.05) is 37.9 Å². The van der Waals surface area contributed by atoms with Gasteiger partial charge in [-0.1, -0.05) is 0 Å². The number of aromatic amines is 1. The summed E-state index contributed by atoms with van der Waals surface area (Å²) >= 11 is 0. The fourth-order valence-electron chi connectivity index (χ4n) is 4.83. The zero-order valence-corrected chi connectivity index (χ0v) is 21.5. The molecule has 2 aliphatic heterocycles. The van der Waals surface area contributed by atoms with E-state index in [1.54, 1.807) is 23.2 Å². The highest BCUT2D eigenvalue weighted by atomic mass is 19.1. The number of benzene rings is 1. The molecule has 11 heteroatoms. The first-order chi connectivity index (χ1) is 18.4. The summed E-state index contributed by atoms with van der Waals surface area (Å²) in [6.45, 7) is 4.45. The van der Waals surface area contributed by atoms with Gasteiger partial charge in [-0.05, 0) is 50.1 Å². The third kappa shape index (κ3) is 4.89. The third-order valence-electron chi connectivity index (χ3n) is 7.29. The summed E-state index contributed by atoms with van der Waals surface area (Å²) in [7, 11) is 2.00. The van der Waals surface area contributed by atoms with E-state index in [0.29, 0.717) is 61.2 Å². The molecule has 1 aromatic carbocycles. The molecule has 10 nitrogen and oxygen atoms in total. The van der Waals surface area contributed by atoms with Crippen LogP contribution in [0.25, 0.3) is 22.6 Å². The van der Waals surface area contributed by atoms with Crippen LogP contribution in [-0.2, 0) is 19.0 Å². The number of halogens is 1. The summed E-state index contributed by atoms with van der Waals surface area (Å²) in [5, 5.41) is 0. The predicted molar refractivity (Wildman–Crippen MR) is 137 cm³/mol. The fourth-order valence-corrected chi connectivity index (χ4v) is 4.83. The standard InChI is InChI=1S/C27H31FN6O4/c1-27(25(35)34-11-13-36-14-12-34)15-37-24(38-16-27)23-31-21(17-3-5-18(28)6-4-17)22(32-23)20-9-10-29-26(30-20)33(2)19-7-8-19/h3-6,9-10,19,24H,7-8,11-16H2,1-2H3,(H,31,32). The van der Waals surface area contributed by atoms with Gasteiger partial charge in [0.15, 0.2) is 5.82 Å². The number of imidazole rings is 1. The van der Waals surface area contributed by atoms with Gasteiger partial charge in [-0.25, -0.2) is 19.3 Å². The van der Waals surface area contributed by atoms with Crippen molar-refractivity contribution in [1.29, 1.82) is 0 Å². The van der Waals surface area contributed by atoms with E-state index in [1.165, 1.54) is 12.1 Å². The molecule has 3 fully saturated rings. The number of hydrogen-bond acceptors (Lipinski definition) is 8. The Kier molecular flexibility index (Phi) is 6.58. The molecule has 0 spiro atoms. The van der Waals surface area contributed by atoms with E-state index < -0.39 is 11.7 Å². The minimum absolute atomic E-state index is 0.000294. The van der Waals surface area contributed by atoms with Crippen LogP contribution in [0.4, 0.5) is 10.3 Å². The topological polar surface area (TPSA) is 106 Å². The number of H-pyrrole nitrogens is 1. The van der Waals surface area contributed by atoms with Crippen LogP contribution in [0.1, 0.15) is 31.9 Å². The normalized spacial score (nSPS) is 23.9. The number of nitrogens with zero attached hydrogens (tertiary/aromatic N) is 5. The van der Waals surface area contributed by atoms with Gasteiger partial charge in [0.2, 0.25) is 18.1 Å². The molecule has 4 heterocycles. The molecule has 2 aromatic heterocycles. The van der Waals surface area contributed by atoms with E-state index in [0.717, 1.165) is 18.4 Å². The first-order valence-electron chi connectivity index (χ1n) is 12.9. The Labute approximate surface area is 220 Å². The lowest BCUT2D eigenvalue weighted by Gasteiger charge is -2.39. The lowest BCUT2D eigenvalue weighted by Crippen LogP contribution is -2.53. The molecule has 1 aliphatic carbocycles. The zero-order valence-electron chi connectivity index (χ0n) is 21.5. The van der Waals surface area contributed by atoms with Crippen LogP contribution in [0.2, 0.25) is 0 Å². The van der Waals surface area contributed by atoms with Crippen molar-refractivity contribution in [3.05, 3.63) is 48.2 Å². The molecule has 6 rings (SSSR count). The number of carbonyl (C=O) groups is 1. The number of aromatic nitrogens is 4. The number of morpholine rings is 1. The number of hydrogen-bond donors (Lipinski definition) is 1. The fraction of sp³-hybridized carbons (Fsp3) is 0.481. The molecule has 0 radical (unpaired) electrons. The van der Waals surface area contributed by atoms with E-state index in [2.05, 4.69) is 14.9 Å². The molecular formula is C27H31FN6O4. The van der Waals surface area contributed by atoms with Crippen LogP contribution >= 0.6 is 0 Å². The Morgan fingerprint density at radius 1 is 1.11 bits per heavy atom. The Bertz CT molecular complexity index is 1300. The maximum atomic E-state index is 13.7. The number of rotatable bonds is 6. The van der Waals surface area contributed by atoms with Gasteiger partial charge >= 0.3 is 0 Å². The molecule has 1 N–H and O–H groups in total. The summed E-state index contributed by atoms with van der Waals surface area (Å²) in [6.07, 6.45) is 3.19. The minimum atomic E-state index is -0.794. The maximum Gasteiger partial charge on any atom is 0.233 e. The molecule has 2 saturated heterocycles. The maximum absolute atomic E-state index is 13.7. The Hall–Kier alpha value is -3.41. The quantitative estimate of drug-likeness (QED) is 0.526. The van der Waals surface area contributed by atoms with Crippen molar-refractivity contribution in [2.75, 3.05) is 51.5 Å². The number of ether oxygens (including phenoxy) is 3. The van der Waals surface area contributed by atoms with E-state index in [9.17, 15) is 9.18 Å². The first-order valence-corrected chi connectivity index (χ1v) is 12.9. The van der Waals surface area contributed by atoms with Crippen molar-refractivity contribution in [2.45, 2.75) is 32.1 Å². The van der Waals surface area contributed by atoms with Gasteiger partial charge < -0.3 is 29.0 Å². The summed E-state index contributed by atoms with van der Waals surface area (Å²) in [6, 6.07) is 8.43. The number of carbonyl (C=O) groups excluding carboxylic acids is 1. The second kappa shape index (κ2) is 10.0. The van der Waals surface area contributed by atoms with Gasteiger partial charge in [-0.3, -0.25) is 4.79 Å². The van der Waals surface area contributed by atoms with Crippen LogP contribution in [0.15, 0.2) is 36.5 Å². The predicted octanol–water partition coefficient (Wildman–Crippen LogP) is 3.18. The lowest BCUT2D eigenvalue weighted by molar-refractivity contribution is -0.235. The zero-order chi connectivity index (χ0) is 26.3. The molecule has 0 bridgehead atoms.